The molecule has 1 saturated heterocycles. The number of aromatic nitrogens is 1. The molecule has 4 heteroatoms. The van der Waals surface area contributed by atoms with Crippen molar-refractivity contribution in [1.82, 2.24) is 9.88 Å². The molecule has 1 aromatic heterocycles. The van der Waals surface area contributed by atoms with Gasteiger partial charge in [-0.1, -0.05) is 24.3 Å². The first kappa shape index (κ1) is 20.2. The number of benzene rings is 2. The summed E-state index contributed by atoms with van der Waals surface area (Å²) in [7, 11) is 0. The SMILES string of the molecule is Fc1ccc(CCN2CCC(N3CCc4ccc(Cc5ccncc5)cc43)CC2)cc1. The standard InChI is InChI=1S/C27H30FN3/c28-25-5-2-21(3-6-25)9-15-30-16-11-26(12-17-30)31-18-10-24-4-1-23(20-27(24)31)19-22-7-13-29-14-8-22/h1-8,13-14,20,26H,9-12,15-19H2. The molecule has 5 rings (SSSR count). The monoisotopic (exact) mass is 415 g/mol. The predicted molar refractivity (Wildman–Crippen MR) is 124 cm³/mol. The zero-order valence-electron chi connectivity index (χ0n) is 18.0. The Morgan fingerprint density at radius 2 is 1.58 bits per heavy atom. The van der Waals surface area contributed by atoms with E-state index in [1.807, 2.05) is 24.5 Å². The second kappa shape index (κ2) is 9.19. The first-order valence-corrected chi connectivity index (χ1v) is 11.5. The van der Waals surface area contributed by atoms with E-state index < -0.39 is 0 Å². The van der Waals surface area contributed by atoms with Gasteiger partial charge in [-0.3, -0.25) is 4.98 Å². The first-order chi connectivity index (χ1) is 15.2. The Kier molecular flexibility index (Phi) is 5.99. The van der Waals surface area contributed by atoms with Gasteiger partial charge in [0.15, 0.2) is 0 Å². The molecule has 1 fully saturated rings. The third-order valence-electron chi connectivity index (χ3n) is 6.87. The number of halogens is 1. The van der Waals surface area contributed by atoms with E-state index in [4.69, 9.17) is 0 Å². The molecule has 0 saturated carbocycles. The van der Waals surface area contributed by atoms with Gasteiger partial charge >= 0.3 is 0 Å². The molecule has 0 amide bonds. The molecule has 31 heavy (non-hydrogen) atoms. The number of fused-ring (bicyclic) bond motifs is 1. The molecule has 0 unspecified atom stereocenters. The Hall–Kier alpha value is -2.72. The van der Waals surface area contributed by atoms with E-state index in [1.54, 1.807) is 12.1 Å². The van der Waals surface area contributed by atoms with Crippen molar-refractivity contribution in [1.29, 1.82) is 0 Å². The Balaban J connectivity index is 1.18. The normalized spacial score (nSPS) is 17.1. The van der Waals surface area contributed by atoms with Gasteiger partial charge in [0.1, 0.15) is 5.82 Å². The summed E-state index contributed by atoms with van der Waals surface area (Å²) >= 11 is 0. The van der Waals surface area contributed by atoms with Crippen LogP contribution in [0.2, 0.25) is 0 Å². The summed E-state index contributed by atoms with van der Waals surface area (Å²) in [6, 6.07) is 18.8. The average molecular weight is 416 g/mol. The number of hydrogen-bond acceptors (Lipinski definition) is 3. The van der Waals surface area contributed by atoms with Crippen molar-refractivity contribution < 1.29 is 4.39 Å². The molecule has 2 aromatic carbocycles. The molecule has 0 radical (unpaired) electrons. The minimum atomic E-state index is -0.153. The largest absolute Gasteiger partial charge is 0.368 e. The van der Waals surface area contributed by atoms with Gasteiger partial charge in [0.05, 0.1) is 0 Å². The molecule has 3 nitrogen and oxygen atoms in total. The molecule has 160 valence electrons. The van der Waals surface area contributed by atoms with Gasteiger partial charge in [0, 0.05) is 50.3 Å². The molecular formula is C27H30FN3. The Bertz CT molecular complexity index is 995. The fraction of sp³-hybridized carbons (Fsp3) is 0.370. The third kappa shape index (κ3) is 4.80. The zero-order valence-corrected chi connectivity index (χ0v) is 18.0. The summed E-state index contributed by atoms with van der Waals surface area (Å²) in [6.07, 6.45) is 9.31. The van der Waals surface area contributed by atoms with Crippen LogP contribution >= 0.6 is 0 Å². The number of hydrogen-bond donors (Lipinski definition) is 0. The van der Waals surface area contributed by atoms with Crippen LogP contribution in [0.25, 0.3) is 0 Å². The van der Waals surface area contributed by atoms with Crippen LogP contribution in [0, 0.1) is 5.82 Å². The van der Waals surface area contributed by atoms with E-state index in [0.29, 0.717) is 6.04 Å². The number of pyridine rings is 1. The molecule has 0 aliphatic carbocycles. The maximum atomic E-state index is 13.1. The lowest BCUT2D eigenvalue weighted by Crippen LogP contribution is -2.45. The third-order valence-corrected chi connectivity index (χ3v) is 6.87. The highest BCUT2D eigenvalue weighted by Gasteiger charge is 2.29. The van der Waals surface area contributed by atoms with E-state index in [-0.39, 0.29) is 5.82 Å². The van der Waals surface area contributed by atoms with Crippen molar-refractivity contribution in [2.24, 2.45) is 0 Å². The molecular weight excluding hydrogens is 385 g/mol. The Morgan fingerprint density at radius 1 is 0.839 bits per heavy atom. The molecule has 0 spiro atoms. The van der Waals surface area contributed by atoms with E-state index in [1.165, 1.54) is 40.8 Å². The quantitative estimate of drug-likeness (QED) is 0.572. The minimum Gasteiger partial charge on any atom is -0.368 e. The van der Waals surface area contributed by atoms with Crippen LogP contribution in [-0.4, -0.2) is 42.1 Å². The highest BCUT2D eigenvalue weighted by molar-refractivity contribution is 5.60. The van der Waals surface area contributed by atoms with Crippen molar-refractivity contribution in [2.75, 3.05) is 31.1 Å². The van der Waals surface area contributed by atoms with Crippen LogP contribution in [0.15, 0.2) is 67.0 Å². The second-order valence-corrected chi connectivity index (χ2v) is 8.89. The van der Waals surface area contributed by atoms with Crippen molar-refractivity contribution in [2.45, 2.75) is 38.1 Å². The lowest BCUT2D eigenvalue weighted by molar-refractivity contribution is 0.212. The van der Waals surface area contributed by atoms with Crippen LogP contribution in [0.5, 0.6) is 0 Å². The number of piperidine rings is 1. The van der Waals surface area contributed by atoms with E-state index in [9.17, 15) is 4.39 Å². The molecule has 3 heterocycles. The maximum absolute atomic E-state index is 13.1. The lowest BCUT2D eigenvalue weighted by atomic mass is 10.0. The minimum absolute atomic E-state index is 0.153. The topological polar surface area (TPSA) is 19.4 Å². The number of rotatable bonds is 6. The number of anilines is 1. The van der Waals surface area contributed by atoms with Crippen molar-refractivity contribution in [3.05, 3.63) is 95.1 Å². The molecule has 0 N–H and O–H groups in total. The molecule has 0 bridgehead atoms. The maximum Gasteiger partial charge on any atom is 0.123 e. The van der Waals surface area contributed by atoms with Crippen molar-refractivity contribution in [3.8, 4) is 0 Å². The summed E-state index contributed by atoms with van der Waals surface area (Å²) in [5.74, 6) is -0.153. The van der Waals surface area contributed by atoms with Gasteiger partial charge in [-0.2, -0.15) is 0 Å². The van der Waals surface area contributed by atoms with Crippen molar-refractivity contribution in [3.63, 3.8) is 0 Å². The van der Waals surface area contributed by atoms with Crippen LogP contribution in [0.1, 0.15) is 35.1 Å². The highest BCUT2D eigenvalue weighted by atomic mass is 19.1. The fourth-order valence-corrected chi connectivity index (χ4v) is 5.07. The Labute approximate surface area is 184 Å². The predicted octanol–water partition coefficient (Wildman–Crippen LogP) is 4.88. The van der Waals surface area contributed by atoms with Gasteiger partial charge in [-0.25, -0.2) is 4.39 Å². The van der Waals surface area contributed by atoms with E-state index >= 15 is 0 Å². The van der Waals surface area contributed by atoms with Crippen LogP contribution in [0.3, 0.4) is 0 Å². The number of nitrogens with zero attached hydrogens (tertiary/aromatic N) is 3. The summed E-state index contributed by atoms with van der Waals surface area (Å²) < 4.78 is 13.1. The highest BCUT2D eigenvalue weighted by Crippen LogP contribution is 2.34. The van der Waals surface area contributed by atoms with Crippen LogP contribution < -0.4 is 4.90 Å². The number of likely N-dealkylation sites (tertiary alicyclic amines) is 1. The molecule has 3 aromatic rings. The van der Waals surface area contributed by atoms with Crippen molar-refractivity contribution >= 4 is 5.69 Å². The average Bonchev–Trinajstić information content (AvgIpc) is 3.23. The second-order valence-electron chi connectivity index (χ2n) is 8.89. The summed E-state index contributed by atoms with van der Waals surface area (Å²) in [4.78, 5) is 9.37. The first-order valence-electron chi connectivity index (χ1n) is 11.5. The lowest BCUT2D eigenvalue weighted by Gasteiger charge is -2.38. The summed E-state index contributed by atoms with van der Waals surface area (Å²) in [5.41, 5.74) is 6.87. The molecule has 0 atom stereocenters. The van der Waals surface area contributed by atoms with Crippen LogP contribution in [-0.2, 0) is 19.3 Å². The summed E-state index contributed by atoms with van der Waals surface area (Å²) in [6.45, 7) is 4.50. The van der Waals surface area contributed by atoms with Crippen LogP contribution in [0.4, 0.5) is 10.1 Å². The van der Waals surface area contributed by atoms with Gasteiger partial charge in [-0.15, -0.1) is 0 Å². The smallest absolute Gasteiger partial charge is 0.123 e. The zero-order chi connectivity index (χ0) is 21.0. The summed E-state index contributed by atoms with van der Waals surface area (Å²) in [5, 5.41) is 0. The van der Waals surface area contributed by atoms with Gasteiger partial charge in [-0.05, 0) is 84.7 Å². The van der Waals surface area contributed by atoms with Gasteiger partial charge in [0.25, 0.3) is 0 Å². The Morgan fingerprint density at radius 3 is 2.35 bits per heavy atom. The van der Waals surface area contributed by atoms with Gasteiger partial charge in [0.2, 0.25) is 0 Å². The van der Waals surface area contributed by atoms with E-state index in [0.717, 1.165) is 45.4 Å². The molecule has 2 aliphatic heterocycles. The molecule has 2 aliphatic rings. The van der Waals surface area contributed by atoms with E-state index in [2.05, 4.69) is 45.1 Å². The van der Waals surface area contributed by atoms with Gasteiger partial charge < -0.3 is 9.80 Å². The fourth-order valence-electron chi connectivity index (χ4n) is 5.07.